The van der Waals surface area contributed by atoms with Gasteiger partial charge in [-0.3, -0.25) is 9.59 Å². The highest BCUT2D eigenvalue weighted by atomic mass is 32.2. The summed E-state index contributed by atoms with van der Waals surface area (Å²) in [4.78, 5) is 27.4. The third-order valence-electron chi connectivity index (χ3n) is 6.16. The third-order valence-corrected chi connectivity index (χ3v) is 7.80. The number of hydrogen-bond acceptors (Lipinski definition) is 4. The van der Waals surface area contributed by atoms with Crippen LogP contribution in [-0.2, 0) is 4.79 Å². The van der Waals surface area contributed by atoms with Crippen LogP contribution >= 0.6 is 11.8 Å². The van der Waals surface area contributed by atoms with Crippen molar-refractivity contribution in [3.8, 4) is 5.75 Å². The van der Waals surface area contributed by atoms with E-state index in [-0.39, 0.29) is 28.8 Å². The molecule has 2 atom stereocenters. The number of amides is 2. The molecular weight excluding hydrogens is 398 g/mol. The Kier molecular flexibility index (Phi) is 8.06. The van der Waals surface area contributed by atoms with E-state index in [0.29, 0.717) is 12.2 Å². The number of quaternary nitrogens is 1. The van der Waals surface area contributed by atoms with E-state index in [4.69, 9.17) is 4.74 Å². The average molecular weight is 435 g/mol. The number of ether oxygens (including phenoxy) is 1. The Labute approximate surface area is 184 Å². The zero-order valence-electron chi connectivity index (χ0n) is 18.5. The molecule has 1 aromatic rings. The number of benzene rings is 1. The molecule has 2 aliphatic rings. The Morgan fingerprint density at radius 1 is 1.27 bits per heavy atom. The number of nitrogens with zero attached hydrogens (tertiary/aromatic N) is 1. The second kappa shape index (κ2) is 10.5. The van der Waals surface area contributed by atoms with Gasteiger partial charge in [0.05, 0.1) is 12.4 Å². The van der Waals surface area contributed by atoms with Crippen LogP contribution in [-0.4, -0.2) is 59.1 Å². The lowest BCUT2D eigenvalue weighted by molar-refractivity contribution is -0.714. The van der Waals surface area contributed by atoms with Gasteiger partial charge in [-0.05, 0) is 44.0 Å². The monoisotopic (exact) mass is 434 g/mol. The first kappa shape index (κ1) is 22.9. The fourth-order valence-electron chi connectivity index (χ4n) is 3.93. The number of piperidine rings is 1. The van der Waals surface area contributed by atoms with Crippen molar-refractivity contribution in [2.75, 3.05) is 25.4 Å². The zero-order chi connectivity index (χ0) is 21.6. The highest BCUT2D eigenvalue weighted by molar-refractivity contribution is 8.00. The van der Waals surface area contributed by atoms with Crippen LogP contribution in [0.3, 0.4) is 0 Å². The van der Waals surface area contributed by atoms with Crippen LogP contribution in [0.2, 0.25) is 0 Å². The summed E-state index contributed by atoms with van der Waals surface area (Å²) < 4.78 is 5.69. The van der Waals surface area contributed by atoms with Gasteiger partial charge in [0.1, 0.15) is 10.6 Å². The van der Waals surface area contributed by atoms with Crippen LogP contribution in [0, 0.1) is 0 Å². The van der Waals surface area contributed by atoms with Crippen LogP contribution < -0.4 is 15.4 Å². The van der Waals surface area contributed by atoms with E-state index in [1.807, 2.05) is 47.9 Å². The van der Waals surface area contributed by atoms with E-state index < -0.39 is 0 Å². The largest absolute Gasteiger partial charge is 0.494 e. The summed E-state index contributed by atoms with van der Waals surface area (Å²) in [6, 6.07) is 7.69. The molecule has 6 nitrogen and oxygen atoms in total. The maximum Gasteiger partial charge on any atom is 0.279 e. The van der Waals surface area contributed by atoms with Crippen molar-refractivity contribution in [2.45, 2.75) is 69.8 Å². The number of thioether (sulfide) groups is 1. The molecule has 3 N–H and O–H groups in total. The second-order valence-electron chi connectivity index (χ2n) is 8.49. The Bertz CT molecular complexity index is 717. The summed E-state index contributed by atoms with van der Waals surface area (Å²) in [5.74, 6) is 1.89. The highest BCUT2D eigenvalue weighted by Crippen LogP contribution is 2.34. The van der Waals surface area contributed by atoms with Crippen LogP contribution in [0.5, 0.6) is 5.75 Å². The number of hydrogen-bond donors (Lipinski definition) is 2. The minimum Gasteiger partial charge on any atom is -0.494 e. The molecule has 3 rings (SSSR count). The second-order valence-corrected chi connectivity index (χ2v) is 9.92. The van der Waals surface area contributed by atoms with Crippen molar-refractivity contribution >= 4 is 23.6 Å². The van der Waals surface area contributed by atoms with Gasteiger partial charge in [0.2, 0.25) is 0 Å². The molecule has 0 bridgehead atoms. The number of carbonyl (C=O) groups is 2. The Morgan fingerprint density at radius 2 is 1.97 bits per heavy atom. The summed E-state index contributed by atoms with van der Waals surface area (Å²) in [5, 5.41) is 5.35. The molecule has 1 spiro atoms. The van der Waals surface area contributed by atoms with E-state index in [0.717, 1.165) is 56.7 Å². The molecular formula is C23H36N3O3S+. The molecule has 0 unspecified atom stereocenters. The molecule has 0 aliphatic carbocycles. The topological polar surface area (TPSA) is 75.2 Å². The van der Waals surface area contributed by atoms with Gasteiger partial charge in [0, 0.05) is 37.5 Å². The molecule has 2 aliphatic heterocycles. The van der Waals surface area contributed by atoms with Gasteiger partial charge in [0.15, 0.2) is 6.04 Å². The molecule has 2 heterocycles. The highest BCUT2D eigenvalue weighted by Gasteiger charge is 2.48. The third kappa shape index (κ3) is 5.70. The molecule has 7 heteroatoms. The van der Waals surface area contributed by atoms with E-state index in [1.54, 1.807) is 0 Å². The summed E-state index contributed by atoms with van der Waals surface area (Å²) >= 11 is 1.89. The van der Waals surface area contributed by atoms with E-state index >= 15 is 0 Å². The van der Waals surface area contributed by atoms with Crippen molar-refractivity contribution in [3.05, 3.63) is 29.8 Å². The van der Waals surface area contributed by atoms with Crippen LogP contribution in [0.4, 0.5) is 0 Å². The summed E-state index contributed by atoms with van der Waals surface area (Å²) in [6.45, 7) is 8.44. The van der Waals surface area contributed by atoms with Crippen molar-refractivity contribution in [1.82, 2.24) is 10.2 Å². The molecule has 2 fully saturated rings. The summed E-state index contributed by atoms with van der Waals surface area (Å²) in [7, 11) is 0. The van der Waals surface area contributed by atoms with E-state index in [2.05, 4.69) is 24.5 Å². The standard InChI is InChI=1S/C23H35N3O3S/c1-4-6-15-29-19-9-7-18(8-10-19)22(28)26-13-11-23(12-14-26)25-20(16-30-23)21(27)24-17(3)5-2/h7-10,17,20,25H,4-6,11-16H2,1-3H3,(H,24,27)/p+1/t17-,20+/m0/s1. The number of rotatable bonds is 8. The van der Waals surface area contributed by atoms with Gasteiger partial charge in [-0.2, -0.15) is 0 Å². The predicted octanol–water partition coefficient (Wildman–Crippen LogP) is 2.39. The van der Waals surface area contributed by atoms with Gasteiger partial charge in [0.25, 0.3) is 11.8 Å². The van der Waals surface area contributed by atoms with Gasteiger partial charge >= 0.3 is 0 Å². The van der Waals surface area contributed by atoms with Crippen molar-refractivity contribution in [1.29, 1.82) is 0 Å². The number of unbranched alkanes of at least 4 members (excludes halogenated alkanes) is 1. The average Bonchev–Trinajstić information content (AvgIpc) is 3.18. The fraction of sp³-hybridized carbons (Fsp3) is 0.652. The van der Waals surface area contributed by atoms with E-state index in [1.165, 1.54) is 0 Å². The lowest BCUT2D eigenvalue weighted by Crippen LogP contribution is -3.00. The maximum absolute atomic E-state index is 12.9. The summed E-state index contributed by atoms with van der Waals surface area (Å²) in [5.41, 5.74) is 0.711. The van der Waals surface area contributed by atoms with Crippen molar-refractivity contribution < 1.29 is 19.6 Å². The Balaban J connectivity index is 1.49. The molecule has 1 aromatic carbocycles. The lowest BCUT2D eigenvalue weighted by atomic mass is 10.0. The van der Waals surface area contributed by atoms with Crippen molar-refractivity contribution in [2.24, 2.45) is 0 Å². The smallest absolute Gasteiger partial charge is 0.279 e. The van der Waals surface area contributed by atoms with Crippen molar-refractivity contribution in [3.63, 3.8) is 0 Å². The molecule has 166 valence electrons. The first-order chi connectivity index (χ1) is 14.5. The number of likely N-dealkylation sites (tertiary alicyclic amines) is 1. The number of nitrogens with two attached hydrogens (primary N) is 1. The van der Waals surface area contributed by atoms with Crippen LogP contribution in [0.25, 0.3) is 0 Å². The van der Waals surface area contributed by atoms with Gasteiger partial charge in [-0.1, -0.05) is 32.0 Å². The fourth-order valence-corrected chi connectivity index (χ4v) is 5.42. The van der Waals surface area contributed by atoms with E-state index in [9.17, 15) is 9.59 Å². The Hall–Kier alpha value is -1.73. The minimum atomic E-state index is -0.0218. The maximum atomic E-state index is 12.9. The minimum absolute atomic E-state index is 0.0218. The Morgan fingerprint density at radius 3 is 2.60 bits per heavy atom. The van der Waals surface area contributed by atoms with Crippen LogP contribution in [0.1, 0.15) is 63.2 Å². The lowest BCUT2D eigenvalue weighted by Gasteiger charge is -2.36. The SMILES string of the molecule is CCCCOc1ccc(C(=O)N2CCC3(CC2)[NH2+][C@@H](C(=O)N[C@@H](C)CC)CS3)cc1. The molecule has 2 saturated heterocycles. The molecule has 30 heavy (non-hydrogen) atoms. The number of nitrogens with one attached hydrogen (secondary N) is 1. The number of carbonyl (C=O) groups excluding carboxylic acids is 2. The van der Waals surface area contributed by atoms with Crippen LogP contribution in [0.15, 0.2) is 24.3 Å². The van der Waals surface area contributed by atoms with Gasteiger partial charge in [-0.25, -0.2) is 0 Å². The normalized spacial score (nSPS) is 21.4. The molecule has 0 saturated carbocycles. The predicted molar refractivity (Wildman–Crippen MR) is 121 cm³/mol. The van der Waals surface area contributed by atoms with Gasteiger partial charge < -0.3 is 20.3 Å². The molecule has 2 amide bonds. The first-order valence-electron chi connectivity index (χ1n) is 11.3. The molecule has 0 aromatic heterocycles. The summed E-state index contributed by atoms with van der Waals surface area (Å²) in [6.07, 6.45) is 4.90. The zero-order valence-corrected chi connectivity index (χ0v) is 19.3. The first-order valence-corrected chi connectivity index (χ1v) is 12.3. The molecule has 0 radical (unpaired) electrons. The quantitative estimate of drug-likeness (QED) is 0.616. The van der Waals surface area contributed by atoms with Gasteiger partial charge in [-0.15, -0.1) is 0 Å².